The molecule has 0 aromatic heterocycles. The third kappa shape index (κ3) is 61.2. The molecule has 0 N–H and O–H groups in total. The molecule has 0 aliphatic heterocycles. The zero-order valence-corrected chi connectivity index (χ0v) is 12.1. The van der Waals surface area contributed by atoms with Crippen LogP contribution in [0, 0.1) is 19.8 Å². The van der Waals surface area contributed by atoms with E-state index in [0.717, 1.165) is 5.92 Å². The van der Waals surface area contributed by atoms with Crippen molar-refractivity contribution in [2.45, 2.75) is 33.0 Å². The Balaban J connectivity index is -0.0000000116. The standard InChI is InChI=1S/C4H9.2C2H5.Al.Zn.2H/c1-4(2)3;2*1-2;;;;/h4H,1H2,2-3H3;2*1H2,2H3;;;;/q;2*-1;2*+2;2*-1. The Hall–Kier alpha value is 1.16. The van der Waals surface area contributed by atoms with Crippen molar-refractivity contribution in [1.29, 1.82) is 0 Å². The monoisotopic (exact) mass is 208 g/mol. The van der Waals surface area contributed by atoms with Crippen LogP contribution in [-0.4, -0.2) is 16.3 Å². The molecule has 58 valence electrons. The maximum Gasteiger partial charge on any atom is 2.00 e. The molecule has 0 atom stereocenters. The second kappa shape index (κ2) is 32.0. The summed E-state index contributed by atoms with van der Waals surface area (Å²) >= 11 is 2.69. The van der Waals surface area contributed by atoms with E-state index in [4.69, 9.17) is 0 Å². The van der Waals surface area contributed by atoms with Gasteiger partial charge in [0.25, 0.3) is 0 Å². The molecule has 0 nitrogen and oxygen atoms in total. The second-order valence-corrected chi connectivity index (χ2v) is 2.10. The average Bonchev–Trinajstić information content (AvgIpc) is 1.97. The third-order valence-corrected chi connectivity index (χ3v) is 1.41. The smallest absolute Gasteiger partial charge is 1.00 e. The van der Waals surface area contributed by atoms with E-state index in [1.54, 1.807) is 13.8 Å². The Labute approximate surface area is 91.3 Å². The fourth-order valence-electron chi connectivity index (χ4n) is 0. The van der Waals surface area contributed by atoms with Crippen LogP contribution in [0.3, 0.4) is 0 Å². The molecule has 2 heteroatoms. The molecule has 0 unspecified atom stereocenters. The first-order valence-electron chi connectivity index (χ1n) is 3.39. The first-order valence-corrected chi connectivity index (χ1v) is 4.20. The van der Waals surface area contributed by atoms with Gasteiger partial charge in [-0.15, -0.1) is 0 Å². The van der Waals surface area contributed by atoms with Crippen LogP contribution in [0.1, 0.15) is 30.5 Å². The van der Waals surface area contributed by atoms with Gasteiger partial charge in [0.15, 0.2) is 0 Å². The van der Waals surface area contributed by atoms with Crippen LogP contribution in [0.4, 0.5) is 0 Å². The predicted molar refractivity (Wildman–Crippen MR) is 49.7 cm³/mol. The van der Waals surface area contributed by atoms with E-state index in [0.29, 0.717) is 0 Å². The van der Waals surface area contributed by atoms with Gasteiger partial charge >= 0.3 is 60.8 Å². The maximum atomic E-state index is 3.25. The van der Waals surface area contributed by atoms with E-state index in [2.05, 4.69) is 44.0 Å². The molecule has 0 saturated carbocycles. The van der Waals surface area contributed by atoms with Crippen LogP contribution in [0.25, 0.3) is 0 Å². The molecule has 0 saturated heterocycles. The van der Waals surface area contributed by atoms with Crippen LogP contribution in [0.5, 0.6) is 0 Å². The number of rotatable bonds is 1. The van der Waals surface area contributed by atoms with Crippen molar-refractivity contribution < 1.29 is 22.3 Å². The van der Waals surface area contributed by atoms with Crippen molar-refractivity contribution in [2.24, 2.45) is 5.92 Å². The van der Waals surface area contributed by atoms with Gasteiger partial charge in [0, 0.05) is 0 Å². The quantitative estimate of drug-likeness (QED) is 0.460. The molecule has 0 aliphatic carbocycles. The van der Waals surface area contributed by atoms with Gasteiger partial charge in [0.1, 0.15) is 0 Å². The maximum absolute atomic E-state index is 3.25. The van der Waals surface area contributed by atoms with Gasteiger partial charge in [0.2, 0.25) is 0 Å². The van der Waals surface area contributed by atoms with Crippen LogP contribution >= 0.6 is 0 Å². The first-order chi connectivity index (χ1) is 4.27. The van der Waals surface area contributed by atoms with Gasteiger partial charge in [-0.2, -0.15) is 13.8 Å². The SMILES string of the molecule is CC(C)[CH2][Al+2].[CH2-]C.[CH2-]C.[H-].[H-].[Zn+2]. The molecule has 10 heavy (non-hydrogen) atoms. The Kier molecular flexibility index (Phi) is 72.0. The summed E-state index contributed by atoms with van der Waals surface area (Å²) in [4.78, 5) is 0. The first kappa shape index (κ1) is 22.5. The van der Waals surface area contributed by atoms with E-state index >= 15 is 0 Å². The summed E-state index contributed by atoms with van der Waals surface area (Å²) in [5.41, 5.74) is 0. The molecule has 0 aliphatic rings. The van der Waals surface area contributed by atoms with Gasteiger partial charge in [-0.3, -0.25) is 0 Å². The van der Waals surface area contributed by atoms with Gasteiger partial charge < -0.3 is 16.7 Å². The number of hydrogen-bond acceptors (Lipinski definition) is 0. The van der Waals surface area contributed by atoms with Crippen LogP contribution < -0.4 is 0 Å². The molecule has 0 radical (unpaired) electrons. The van der Waals surface area contributed by atoms with Gasteiger partial charge in [0.05, 0.1) is 0 Å². The van der Waals surface area contributed by atoms with Gasteiger partial charge in [-0.25, -0.2) is 0 Å². The molecule has 0 aromatic carbocycles. The minimum Gasteiger partial charge on any atom is -1.00 e. The van der Waals surface area contributed by atoms with Crippen molar-refractivity contribution >= 4 is 16.3 Å². The fourth-order valence-corrected chi connectivity index (χ4v) is 0. The summed E-state index contributed by atoms with van der Waals surface area (Å²) in [5, 5.41) is 1.22. The molecule has 0 aromatic rings. The van der Waals surface area contributed by atoms with E-state index in [1.165, 1.54) is 5.28 Å². The number of hydrogen-bond donors (Lipinski definition) is 0. The van der Waals surface area contributed by atoms with Crippen LogP contribution in [0.2, 0.25) is 5.28 Å². The fraction of sp³-hybridized carbons (Fsp3) is 0.750. The van der Waals surface area contributed by atoms with E-state index in [1.807, 2.05) is 0 Å². The average molecular weight is 210 g/mol. The Bertz CT molecular complexity index is 31.0. The van der Waals surface area contributed by atoms with E-state index < -0.39 is 0 Å². The Morgan fingerprint density at radius 1 is 1.20 bits per heavy atom. The van der Waals surface area contributed by atoms with E-state index in [-0.39, 0.29) is 22.3 Å². The van der Waals surface area contributed by atoms with Crippen LogP contribution in [-0.2, 0) is 19.5 Å². The molecular formula is C8H21AlZn. The largest absolute Gasteiger partial charge is 2.00 e. The summed E-state index contributed by atoms with van der Waals surface area (Å²) in [7, 11) is 0. The summed E-state index contributed by atoms with van der Waals surface area (Å²) < 4.78 is 0. The van der Waals surface area contributed by atoms with Crippen LogP contribution in [0.15, 0.2) is 0 Å². The zero-order valence-electron chi connectivity index (χ0n) is 9.98. The predicted octanol–water partition coefficient (Wildman–Crippen LogP) is 3.13. The molecule has 0 fully saturated rings. The zero-order chi connectivity index (χ0) is 8.28. The molecule has 0 rings (SSSR count). The Morgan fingerprint density at radius 3 is 1.30 bits per heavy atom. The minimum atomic E-state index is 0. The van der Waals surface area contributed by atoms with Crippen molar-refractivity contribution in [1.82, 2.24) is 0 Å². The summed E-state index contributed by atoms with van der Waals surface area (Å²) in [6, 6.07) is 0. The summed E-state index contributed by atoms with van der Waals surface area (Å²) in [5.74, 6) is 0.847. The molecule has 0 bridgehead atoms. The molecule has 0 spiro atoms. The molecule has 0 amide bonds. The van der Waals surface area contributed by atoms with Gasteiger partial charge in [-0.05, 0) is 0 Å². The summed E-state index contributed by atoms with van der Waals surface area (Å²) in [6.07, 6.45) is 0. The summed E-state index contributed by atoms with van der Waals surface area (Å²) in [6.45, 7) is 14.4. The van der Waals surface area contributed by atoms with Crippen molar-refractivity contribution in [2.75, 3.05) is 0 Å². The van der Waals surface area contributed by atoms with Gasteiger partial charge in [-0.1, -0.05) is 0 Å². The van der Waals surface area contributed by atoms with Crippen molar-refractivity contribution in [3.8, 4) is 0 Å². The normalized spacial score (nSPS) is 6.10. The van der Waals surface area contributed by atoms with E-state index in [9.17, 15) is 0 Å². The second-order valence-electron chi connectivity index (χ2n) is 1.63. The molecular weight excluding hydrogens is 188 g/mol. The Morgan fingerprint density at radius 2 is 1.30 bits per heavy atom. The topological polar surface area (TPSA) is 0 Å². The van der Waals surface area contributed by atoms with Crippen molar-refractivity contribution in [3.63, 3.8) is 0 Å². The molecule has 0 heterocycles. The minimum absolute atomic E-state index is 0. The van der Waals surface area contributed by atoms with Crippen molar-refractivity contribution in [3.05, 3.63) is 13.8 Å². The third-order valence-electron chi connectivity index (χ3n) is 0.471.